The summed E-state index contributed by atoms with van der Waals surface area (Å²) in [5, 5.41) is 9.02. The Bertz CT molecular complexity index is 530. The van der Waals surface area contributed by atoms with Gasteiger partial charge in [0, 0.05) is 18.3 Å². The highest BCUT2D eigenvalue weighted by Gasteiger charge is 2.27. The molecule has 3 N–H and O–H groups in total. The predicted molar refractivity (Wildman–Crippen MR) is 76.4 cm³/mol. The Hall–Kier alpha value is -1.11. The van der Waals surface area contributed by atoms with E-state index < -0.39 is 10.0 Å². The molecule has 6 heteroatoms. The summed E-state index contributed by atoms with van der Waals surface area (Å²) in [5.41, 5.74) is 8.03. The largest absolute Gasteiger partial charge is 0.398 e. The van der Waals surface area contributed by atoms with Crippen molar-refractivity contribution in [3.05, 3.63) is 23.3 Å². The van der Waals surface area contributed by atoms with Crippen molar-refractivity contribution in [2.75, 3.05) is 18.9 Å². The van der Waals surface area contributed by atoms with Crippen LogP contribution in [0.1, 0.15) is 25.0 Å². The molecule has 0 radical (unpaired) electrons. The molecular weight excluding hydrogens is 264 g/mol. The number of aliphatic hydroxyl groups is 1. The summed E-state index contributed by atoms with van der Waals surface area (Å²) in [4.78, 5) is 0.176. The second-order valence-corrected chi connectivity index (χ2v) is 6.78. The topological polar surface area (TPSA) is 83.6 Å². The molecule has 5 nitrogen and oxygen atoms in total. The van der Waals surface area contributed by atoms with Gasteiger partial charge in [0.15, 0.2) is 0 Å². The standard InChI is InChI=1S/C13H22N2O3S/c1-9(2)15(5-6-16)19(17,18)12-7-10(3)11(4)13(14)8-12/h7-9,16H,5-6,14H2,1-4H3. The first-order valence-corrected chi connectivity index (χ1v) is 7.65. The van der Waals surface area contributed by atoms with Gasteiger partial charge in [-0.05, 0) is 51.0 Å². The van der Waals surface area contributed by atoms with Crippen LogP contribution in [0.25, 0.3) is 0 Å². The summed E-state index contributed by atoms with van der Waals surface area (Å²) in [6.07, 6.45) is 0. The van der Waals surface area contributed by atoms with Crippen molar-refractivity contribution in [2.24, 2.45) is 0 Å². The average molecular weight is 286 g/mol. The molecule has 0 saturated carbocycles. The van der Waals surface area contributed by atoms with Crippen LogP contribution < -0.4 is 5.73 Å². The van der Waals surface area contributed by atoms with Crippen LogP contribution in [0.3, 0.4) is 0 Å². The highest BCUT2D eigenvalue weighted by Crippen LogP contribution is 2.25. The molecule has 0 spiro atoms. The highest BCUT2D eigenvalue weighted by atomic mass is 32.2. The summed E-state index contributed by atoms with van der Waals surface area (Å²) in [6.45, 7) is 7.10. The van der Waals surface area contributed by atoms with E-state index in [9.17, 15) is 8.42 Å². The molecule has 1 aromatic rings. The number of nitrogens with zero attached hydrogens (tertiary/aromatic N) is 1. The van der Waals surface area contributed by atoms with Crippen LogP contribution in [0.15, 0.2) is 17.0 Å². The van der Waals surface area contributed by atoms with Crippen LogP contribution in [-0.4, -0.2) is 37.0 Å². The molecule has 19 heavy (non-hydrogen) atoms. The summed E-state index contributed by atoms with van der Waals surface area (Å²) in [6, 6.07) is 2.87. The summed E-state index contributed by atoms with van der Waals surface area (Å²) < 4.78 is 26.4. The number of aryl methyl sites for hydroxylation is 1. The molecule has 0 unspecified atom stereocenters. The van der Waals surface area contributed by atoms with Crippen LogP contribution >= 0.6 is 0 Å². The van der Waals surface area contributed by atoms with E-state index in [-0.39, 0.29) is 24.1 Å². The quantitative estimate of drug-likeness (QED) is 0.799. The van der Waals surface area contributed by atoms with E-state index in [2.05, 4.69) is 0 Å². The molecule has 0 aliphatic rings. The molecule has 0 heterocycles. The first kappa shape index (κ1) is 15.9. The maximum atomic E-state index is 12.5. The van der Waals surface area contributed by atoms with E-state index >= 15 is 0 Å². The van der Waals surface area contributed by atoms with Gasteiger partial charge in [-0.2, -0.15) is 4.31 Å². The van der Waals surface area contributed by atoms with Crippen molar-refractivity contribution in [3.63, 3.8) is 0 Å². The van der Waals surface area contributed by atoms with Crippen molar-refractivity contribution in [1.29, 1.82) is 0 Å². The van der Waals surface area contributed by atoms with Gasteiger partial charge in [-0.15, -0.1) is 0 Å². The van der Waals surface area contributed by atoms with E-state index in [1.54, 1.807) is 19.9 Å². The fourth-order valence-corrected chi connectivity index (χ4v) is 3.64. The molecule has 0 amide bonds. The van der Waals surface area contributed by atoms with Crippen molar-refractivity contribution in [2.45, 2.75) is 38.6 Å². The molecule has 0 fully saturated rings. The molecule has 0 atom stereocenters. The fraction of sp³-hybridized carbons (Fsp3) is 0.538. The van der Waals surface area contributed by atoms with Gasteiger partial charge in [-0.25, -0.2) is 8.42 Å². The lowest BCUT2D eigenvalue weighted by Crippen LogP contribution is -2.39. The smallest absolute Gasteiger partial charge is 0.243 e. The number of sulfonamides is 1. The molecule has 108 valence electrons. The lowest BCUT2D eigenvalue weighted by Gasteiger charge is -2.25. The number of aliphatic hydroxyl groups excluding tert-OH is 1. The Balaban J connectivity index is 3.33. The highest BCUT2D eigenvalue weighted by molar-refractivity contribution is 7.89. The van der Waals surface area contributed by atoms with Crippen molar-refractivity contribution >= 4 is 15.7 Å². The minimum atomic E-state index is -3.63. The van der Waals surface area contributed by atoms with Gasteiger partial charge in [-0.1, -0.05) is 0 Å². The van der Waals surface area contributed by atoms with Crippen LogP contribution in [0, 0.1) is 13.8 Å². The van der Waals surface area contributed by atoms with Crippen LogP contribution in [0.2, 0.25) is 0 Å². The van der Waals surface area contributed by atoms with Gasteiger partial charge in [0.1, 0.15) is 0 Å². The zero-order valence-electron chi connectivity index (χ0n) is 11.8. The predicted octanol–water partition coefficient (Wildman–Crippen LogP) is 1.28. The Morgan fingerprint density at radius 2 is 1.89 bits per heavy atom. The Morgan fingerprint density at radius 3 is 2.32 bits per heavy atom. The van der Waals surface area contributed by atoms with Gasteiger partial charge in [-0.3, -0.25) is 0 Å². The van der Waals surface area contributed by atoms with E-state index in [1.165, 1.54) is 10.4 Å². The van der Waals surface area contributed by atoms with Crippen molar-refractivity contribution < 1.29 is 13.5 Å². The second-order valence-electron chi connectivity index (χ2n) is 4.89. The third kappa shape index (κ3) is 3.26. The SMILES string of the molecule is Cc1cc(S(=O)(=O)N(CCO)C(C)C)cc(N)c1C. The molecule has 1 rings (SSSR count). The number of anilines is 1. The first-order chi connectivity index (χ1) is 8.71. The fourth-order valence-electron chi connectivity index (χ4n) is 1.89. The lowest BCUT2D eigenvalue weighted by atomic mass is 10.1. The Labute approximate surface area is 115 Å². The van der Waals surface area contributed by atoms with Crippen molar-refractivity contribution in [1.82, 2.24) is 4.31 Å². The van der Waals surface area contributed by atoms with Crippen molar-refractivity contribution in [3.8, 4) is 0 Å². The molecule has 0 aliphatic carbocycles. The second kappa shape index (κ2) is 5.90. The van der Waals surface area contributed by atoms with Gasteiger partial charge in [0.25, 0.3) is 0 Å². The number of hydrogen-bond acceptors (Lipinski definition) is 4. The van der Waals surface area contributed by atoms with E-state index in [4.69, 9.17) is 10.8 Å². The van der Waals surface area contributed by atoms with Gasteiger partial charge >= 0.3 is 0 Å². The molecule has 1 aromatic carbocycles. The lowest BCUT2D eigenvalue weighted by molar-refractivity contribution is 0.236. The average Bonchev–Trinajstić information content (AvgIpc) is 2.31. The van der Waals surface area contributed by atoms with Gasteiger partial charge in [0.2, 0.25) is 10.0 Å². The third-order valence-electron chi connectivity index (χ3n) is 3.18. The summed E-state index contributed by atoms with van der Waals surface area (Å²) in [7, 11) is -3.63. The maximum Gasteiger partial charge on any atom is 0.243 e. The zero-order valence-corrected chi connectivity index (χ0v) is 12.7. The van der Waals surface area contributed by atoms with Crippen LogP contribution in [-0.2, 0) is 10.0 Å². The molecule has 0 aromatic heterocycles. The van der Waals surface area contributed by atoms with Gasteiger partial charge < -0.3 is 10.8 Å². The van der Waals surface area contributed by atoms with E-state index in [1.807, 2.05) is 13.8 Å². The minimum absolute atomic E-state index is 0.0762. The number of benzene rings is 1. The molecule has 0 aliphatic heterocycles. The first-order valence-electron chi connectivity index (χ1n) is 6.21. The maximum absolute atomic E-state index is 12.5. The zero-order chi connectivity index (χ0) is 14.8. The minimum Gasteiger partial charge on any atom is -0.398 e. The van der Waals surface area contributed by atoms with Crippen LogP contribution in [0.5, 0.6) is 0 Å². The molecule has 0 saturated heterocycles. The number of rotatable bonds is 5. The third-order valence-corrected chi connectivity index (χ3v) is 5.24. The van der Waals surface area contributed by atoms with Crippen LogP contribution in [0.4, 0.5) is 5.69 Å². The Kier molecular flexibility index (Phi) is 4.95. The summed E-state index contributed by atoms with van der Waals surface area (Å²) >= 11 is 0. The Morgan fingerprint density at radius 1 is 1.32 bits per heavy atom. The number of nitrogens with two attached hydrogens (primary N) is 1. The number of nitrogen functional groups attached to an aromatic ring is 1. The number of hydrogen-bond donors (Lipinski definition) is 2. The normalized spacial score (nSPS) is 12.4. The molecule has 0 bridgehead atoms. The summed E-state index contributed by atoms with van der Waals surface area (Å²) in [5.74, 6) is 0. The monoisotopic (exact) mass is 286 g/mol. The van der Waals surface area contributed by atoms with E-state index in [0.717, 1.165) is 11.1 Å². The molecular formula is C13H22N2O3S. The van der Waals surface area contributed by atoms with E-state index in [0.29, 0.717) is 5.69 Å². The van der Waals surface area contributed by atoms with Gasteiger partial charge in [0.05, 0.1) is 11.5 Å².